The maximum absolute atomic E-state index is 11.9. The maximum atomic E-state index is 11.9. The smallest absolute Gasteiger partial charge is 0.338 e. The highest BCUT2D eigenvalue weighted by Crippen LogP contribution is 2.23. The molecule has 0 amide bonds. The summed E-state index contributed by atoms with van der Waals surface area (Å²) in [5.74, 6) is -0.0135. The largest absolute Gasteiger partial charge is 0.495 e. The van der Waals surface area contributed by atoms with Crippen LogP contribution in [0.2, 0.25) is 5.02 Å². The number of methoxy groups -OCH3 is 1. The van der Waals surface area contributed by atoms with Gasteiger partial charge in [-0.15, -0.1) is 0 Å². The lowest BCUT2D eigenvalue weighted by atomic mass is 10.2. The molecule has 20 heavy (non-hydrogen) atoms. The third kappa shape index (κ3) is 3.22. The predicted molar refractivity (Wildman–Crippen MR) is 78.0 cm³/mol. The Morgan fingerprint density at radius 2 is 2.00 bits per heavy atom. The normalized spacial score (nSPS) is 10.1. The minimum Gasteiger partial charge on any atom is -0.495 e. The van der Waals surface area contributed by atoms with Crippen molar-refractivity contribution in [2.24, 2.45) is 0 Å². The number of hydrogen-bond donors (Lipinski definition) is 1. The minimum atomic E-state index is -0.455. The number of carbonyl (C=O) groups is 1. The van der Waals surface area contributed by atoms with Crippen molar-refractivity contribution in [1.29, 1.82) is 0 Å². The average Bonchev–Trinajstić information content (AvgIpc) is 2.46. The van der Waals surface area contributed by atoms with Crippen molar-refractivity contribution >= 4 is 23.3 Å². The number of carbonyl (C=O) groups excluding carboxylic acids is 1. The van der Waals surface area contributed by atoms with Crippen LogP contribution in [-0.2, 0) is 11.3 Å². The highest BCUT2D eigenvalue weighted by atomic mass is 35.5. The molecular formula is C15H14ClNO3. The molecule has 0 saturated heterocycles. The van der Waals surface area contributed by atoms with Crippen LogP contribution in [0.5, 0.6) is 5.75 Å². The van der Waals surface area contributed by atoms with Crippen molar-refractivity contribution in [2.45, 2.75) is 6.61 Å². The Morgan fingerprint density at radius 3 is 2.70 bits per heavy atom. The van der Waals surface area contributed by atoms with E-state index >= 15 is 0 Å². The van der Waals surface area contributed by atoms with E-state index in [2.05, 4.69) is 0 Å². The van der Waals surface area contributed by atoms with Gasteiger partial charge in [0.1, 0.15) is 12.4 Å². The number of nitrogens with two attached hydrogens (primary N) is 1. The summed E-state index contributed by atoms with van der Waals surface area (Å²) in [6.45, 7) is 0.116. The van der Waals surface area contributed by atoms with Crippen LogP contribution in [0, 0.1) is 0 Å². The van der Waals surface area contributed by atoms with Crippen LogP contribution in [0.4, 0.5) is 5.69 Å². The van der Waals surface area contributed by atoms with E-state index in [1.165, 1.54) is 7.11 Å². The van der Waals surface area contributed by atoms with E-state index in [4.69, 9.17) is 26.8 Å². The van der Waals surface area contributed by atoms with Gasteiger partial charge in [-0.3, -0.25) is 0 Å². The van der Waals surface area contributed by atoms with Gasteiger partial charge in [-0.25, -0.2) is 4.79 Å². The summed E-state index contributed by atoms with van der Waals surface area (Å²) in [5.41, 5.74) is 7.29. The molecule has 0 bridgehead atoms. The summed E-state index contributed by atoms with van der Waals surface area (Å²) in [6, 6.07) is 11.9. The number of ether oxygens (including phenoxy) is 2. The second-order valence-electron chi connectivity index (χ2n) is 4.12. The zero-order valence-corrected chi connectivity index (χ0v) is 11.7. The van der Waals surface area contributed by atoms with Crippen LogP contribution in [0.15, 0.2) is 42.5 Å². The summed E-state index contributed by atoms with van der Waals surface area (Å²) in [7, 11) is 1.49. The predicted octanol–water partition coefficient (Wildman–Crippen LogP) is 3.29. The van der Waals surface area contributed by atoms with Crippen LogP contribution < -0.4 is 10.5 Å². The minimum absolute atomic E-state index is 0.116. The highest BCUT2D eigenvalue weighted by Gasteiger charge is 2.11. The molecule has 104 valence electrons. The number of esters is 1. The lowest BCUT2D eigenvalue weighted by Crippen LogP contribution is -2.06. The van der Waals surface area contributed by atoms with Crippen molar-refractivity contribution in [1.82, 2.24) is 0 Å². The van der Waals surface area contributed by atoms with Crippen LogP contribution in [0.3, 0.4) is 0 Å². The first kappa shape index (κ1) is 14.2. The Kier molecular flexibility index (Phi) is 4.48. The molecule has 2 rings (SSSR count). The molecular weight excluding hydrogens is 278 g/mol. The van der Waals surface area contributed by atoms with Crippen molar-refractivity contribution < 1.29 is 14.3 Å². The molecule has 5 heteroatoms. The molecule has 0 heterocycles. The van der Waals surface area contributed by atoms with Crippen LogP contribution in [-0.4, -0.2) is 13.1 Å². The molecule has 0 fully saturated rings. The Morgan fingerprint density at radius 1 is 1.25 bits per heavy atom. The standard InChI is InChI=1S/C15H14ClNO3/c1-19-14-8-10(6-7-13(14)17)15(18)20-9-11-4-2-3-5-12(11)16/h2-8H,9,17H2,1H3. The topological polar surface area (TPSA) is 61.5 Å². The van der Waals surface area contributed by atoms with Gasteiger partial charge >= 0.3 is 5.97 Å². The zero-order chi connectivity index (χ0) is 14.5. The van der Waals surface area contributed by atoms with Crippen molar-refractivity contribution in [3.63, 3.8) is 0 Å². The maximum Gasteiger partial charge on any atom is 0.338 e. The molecule has 0 radical (unpaired) electrons. The first-order valence-electron chi connectivity index (χ1n) is 5.96. The van der Waals surface area contributed by atoms with Gasteiger partial charge in [-0.05, 0) is 24.3 Å². The third-order valence-electron chi connectivity index (χ3n) is 2.79. The second-order valence-corrected chi connectivity index (χ2v) is 4.53. The van der Waals surface area contributed by atoms with Gasteiger partial charge < -0.3 is 15.2 Å². The van der Waals surface area contributed by atoms with Gasteiger partial charge in [-0.2, -0.15) is 0 Å². The van der Waals surface area contributed by atoms with Gasteiger partial charge in [0.15, 0.2) is 0 Å². The molecule has 0 aliphatic carbocycles. The molecule has 4 nitrogen and oxygen atoms in total. The zero-order valence-electron chi connectivity index (χ0n) is 10.9. The Labute approximate surface area is 122 Å². The fourth-order valence-corrected chi connectivity index (χ4v) is 1.87. The first-order valence-corrected chi connectivity index (χ1v) is 6.33. The number of benzene rings is 2. The van der Waals surface area contributed by atoms with Crippen molar-refractivity contribution in [3.8, 4) is 5.75 Å². The lowest BCUT2D eigenvalue weighted by molar-refractivity contribution is 0.0472. The monoisotopic (exact) mass is 291 g/mol. The molecule has 2 aromatic rings. The van der Waals surface area contributed by atoms with Crippen molar-refractivity contribution in [3.05, 3.63) is 58.6 Å². The molecule has 2 N–H and O–H groups in total. The van der Waals surface area contributed by atoms with Crippen LogP contribution >= 0.6 is 11.6 Å². The quantitative estimate of drug-likeness (QED) is 0.693. The van der Waals surface area contributed by atoms with E-state index in [9.17, 15) is 4.79 Å². The molecule has 0 atom stereocenters. The molecule has 2 aromatic carbocycles. The molecule has 0 aliphatic heterocycles. The molecule has 0 saturated carbocycles. The van der Waals surface area contributed by atoms with Gasteiger partial charge in [0.25, 0.3) is 0 Å². The summed E-state index contributed by atoms with van der Waals surface area (Å²) in [4.78, 5) is 11.9. The SMILES string of the molecule is COc1cc(C(=O)OCc2ccccc2Cl)ccc1N. The summed E-state index contributed by atoms with van der Waals surface area (Å²) in [5, 5.41) is 0.565. The Bertz CT molecular complexity index is 628. The van der Waals surface area contributed by atoms with Crippen LogP contribution in [0.25, 0.3) is 0 Å². The van der Waals surface area contributed by atoms with Crippen LogP contribution in [0.1, 0.15) is 15.9 Å². The van der Waals surface area contributed by atoms with Gasteiger partial charge in [-0.1, -0.05) is 29.8 Å². The van der Waals surface area contributed by atoms with Gasteiger partial charge in [0, 0.05) is 10.6 Å². The molecule has 0 spiro atoms. The number of nitrogen functional groups attached to an aromatic ring is 1. The van der Waals surface area contributed by atoms with E-state index < -0.39 is 5.97 Å². The molecule has 0 aromatic heterocycles. The fraction of sp³-hybridized carbons (Fsp3) is 0.133. The van der Waals surface area contributed by atoms with E-state index in [-0.39, 0.29) is 6.61 Å². The summed E-state index contributed by atoms with van der Waals surface area (Å²) < 4.78 is 10.3. The van der Waals surface area contributed by atoms with E-state index in [1.807, 2.05) is 12.1 Å². The lowest BCUT2D eigenvalue weighted by Gasteiger charge is -2.08. The fourth-order valence-electron chi connectivity index (χ4n) is 1.68. The summed E-state index contributed by atoms with van der Waals surface area (Å²) in [6.07, 6.45) is 0. The van der Waals surface area contributed by atoms with E-state index in [1.54, 1.807) is 30.3 Å². The number of hydrogen-bond acceptors (Lipinski definition) is 4. The Hall–Kier alpha value is -2.20. The Balaban J connectivity index is 2.07. The van der Waals surface area contributed by atoms with Gasteiger partial charge in [0.05, 0.1) is 18.4 Å². The molecule has 0 aliphatic rings. The number of rotatable bonds is 4. The van der Waals surface area contributed by atoms with E-state index in [0.29, 0.717) is 22.0 Å². The van der Waals surface area contributed by atoms with E-state index in [0.717, 1.165) is 5.56 Å². The number of halogens is 1. The van der Waals surface area contributed by atoms with Gasteiger partial charge in [0.2, 0.25) is 0 Å². The second kappa shape index (κ2) is 6.30. The molecule has 0 unspecified atom stereocenters. The summed E-state index contributed by atoms with van der Waals surface area (Å²) >= 11 is 5.99. The highest BCUT2D eigenvalue weighted by molar-refractivity contribution is 6.31. The average molecular weight is 292 g/mol. The third-order valence-corrected chi connectivity index (χ3v) is 3.15. The first-order chi connectivity index (χ1) is 9.61. The van der Waals surface area contributed by atoms with Crippen molar-refractivity contribution in [2.75, 3.05) is 12.8 Å². The number of anilines is 1.